The van der Waals surface area contributed by atoms with E-state index in [0.717, 1.165) is 23.3 Å². The number of hydrogen-bond acceptors (Lipinski definition) is 3. The molecule has 0 radical (unpaired) electrons. The number of carbonyl (C=O) groups is 2. The van der Waals surface area contributed by atoms with E-state index in [4.69, 9.17) is 0 Å². The molecule has 1 aromatic heterocycles. The lowest BCUT2D eigenvalue weighted by atomic mass is 9.48. The molecule has 7 rings (SSSR count). The topological polar surface area (TPSA) is 50.3 Å². The zero-order valence-electron chi connectivity index (χ0n) is 16.1. The highest BCUT2D eigenvalue weighted by Gasteiger charge is 2.52. The molecule has 0 atom stereocenters. The third-order valence-electron chi connectivity index (χ3n) is 7.67. The van der Waals surface area contributed by atoms with Gasteiger partial charge in [-0.3, -0.25) is 9.59 Å². The van der Waals surface area contributed by atoms with Crippen LogP contribution < -0.4 is 4.90 Å². The number of carbonyl (C=O) groups excluding carboxylic acids is 2. The number of pyridine rings is 1. The van der Waals surface area contributed by atoms with E-state index in [9.17, 15) is 9.59 Å². The lowest BCUT2D eigenvalue weighted by Gasteiger charge is -2.57. The number of aryl methyl sites for hydroxylation is 1. The molecule has 28 heavy (non-hydrogen) atoms. The van der Waals surface area contributed by atoms with E-state index < -0.39 is 0 Å². The maximum atomic E-state index is 13.2. The highest BCUT2D eigenvalue weighted by molar-refractivity contribution is 6.34. The van der Waals surface area contributed by atoms with Gasteiger partial charge in [0, 0.05) is 6.20 Å². The van der Waals surface area contributed by atoms with Crippen LogP contribution in [0.5, 0.6) is 0 Å². The van der Waals surface area contributed by atoms with Crippen LogP contribution in [-0.4, -0.2) is 16.8 Å². The van der Waals surface area contributed by atoms with Crippen molar-refractivity contribution < 1.29 is 9.59 Å². The van der Waals surface area contributed by atoms with Crippen LogP contribution in [0, 0.1) is 24.7 Å². The van der Waals surface area contributed by atoms with Crippen molar-refractivity contribution in [2.75, 3.05) is 4.90 Å². The first-order valence-electron chi connectivity index (χ1n) is 10.5. The van der Waals surface area contributed by atoms with Crippen LogP contribution in [0.3, 0.4) is 0 Å². The summed E-state index contributed by atoms with van der Waals surface area (Å²) in [6.45, 7) is 1.94. The van der Waals surface area contributed by atoms with E-state index in [-0.39, 0.29) is 17.2 Å². The minimum Gasteiger partial charge on any atom is -0.268 e. The Labute approximate surface area is 165 Å². The van der Waals surface area contributed by atoms with Gasteiger partial charge >= 0.3 is 0 Å². The second-order valence-electron chi connectivity index (χ2n) is 9.60. The van der Waals surface area contributed by atoms with Crippen LogP contribution in [0.15, 0.2) is 36.5 Å². The fraction of sp³-hybridized carbons (Fsp3) is 0.458. The predicted octanol–water partition coefficient (Wildman–Crippen LogP) is 4.66. The third kappa shape index (κ3) is 2.20. The van der Waals surface area contributed by atoms with Gasteiger partial charge in [-0.15, -0.1) is 0 Å². The predicted molar refractivity (Wildman–Crippen MR) is 106 cm³/mol. The number of nitrogens with zero attached hydrogens (tertiary/aromatic N) is 2. The number of rotatable bonds is 2. The Kier molecular flexibility index (Phi) is 3.25. The maximum Gasteiger partial charge on any atom is 0.267 e. The van der Waals surface area contributed by atoms with Crippen molar-refractivity contribution in [3.05, 3.63) is 58.8 Å². The monoisotopic (exact) mass is 372 g/mol. The van der Waals surface area contributed by atoms with E-state index in [0.29, 0.717) is 16.9 Å². The molecule has 2 amide bonds. The van der Waals surface area contributed by atoms with Gasteiger partial charge in [0.2, 0.25) is 0 Å². The molecule has 4 saturated carbocycles. The Morgan fingerprint density at radius 2 is 1.54 bits per heavy atom. The summed E-state index contributed by atoms with van der Waals surface area (Å²) in [6, 6.07) is 9.72. The SMILES string of the molecule is Cc1ccnc(N2C(=O)c3ccc(C45CC6CC(CC(C6)C4)C5)cc3C2=O)c1. The minimum absolute atomic E-state index is 0.224. The van der Waals surface area contributed by atoms with Crippen molar-refractivity contribution in [1.29, 1.82) is 0 Å². The molecule has 0 saturated heterocycles. The average molecular weight is 372 g/mol. The molecule has 0 spiro atoms. The van der Waals surface area contributed by atoms with Gasteiger partial charge in [0.05, 0.1) is 11.1 Å². The summed E-state index contributed by atoms with van der Waals surface area (Å²) in [5.41, 5.74) is 3.56. The highest BCUT2D eigenvalue weighted by atomic mass is 16.2. The molecule has 2 heterocycles. The lowest BCUT2D eigenvalue weighted by molar-refractivity contribution is -0.00520. The van der Waals surface area contributed by atoms with Gasteiger partial charge in [0.1, 0.15) is 5.82 Å². The number of aromatic nitrogens is 1. The summed E-state index contributed by atoms with van der Waals surface area (Å²) in [5.74, 6) is 2.49. The van der Waals surface area contributed by atoms with Crippen LogP contribution in [-0.2, 0) is 5.41 Å². The second kappa shape index (κ2) is 5.53. The average Bonchev–Trinajstić information content (AvgIpc) is 2.91. The van der Waals surface area contributed by atoms with Crippen LogP contribution >= 0.6 is 0 Å². The van der Waals surface area contributed by atoms with Crippen molar-refractivity contribution in [2.45, 2.75) is 50.9 Å². The number of imide groups is 1. The summed E-state index contributed by atoms with van der Waals surface area (Å²) in [5, 5.41) is 0. The van der Waals surface area contributed by atoms with Crippen molar-refractivity contribution >= 4 is 17.6 Å². The molecule has 1 aromatic carbocycles. The van der Waals surface area contributed by atoms with Crippen molar-refractivity contribution in [1.82, 2.24) is 4.98 Å². The van der Waals surface area contributed by atoms with Crippen LogP contribution in [0.2, 0.25) is 0 Å². The van der Waals surface area contributed by atoms with Gasteiger partial charge in [0.15, 0.2) is 0 Å². The van der Waals surface area contributed by atoms with Gasteiger partial charge < -0.3 is 0 Å². The first-order valence-corrected chi connectivity index (χ1v) is 10.5. The Balaban J connectivity index is 1.40. The Bertz CT molecular complexity index is 990. The van der Waals surface area contributed by atoms with E-state index >= 15 is 0 Å². The lowest BCUT2D eigenvalue weighted by Crippen LogP contribution is -2.48. The molecular weight excluding hydrogens is 348 g/mol. The molecule has 4 nitrogen and oxygen atoms in total. The summed E-state index contributed by atoms with van der Waals surface area (Å²) < 4.78 is 0. The zero-order valence-corrected chi connectivity index (χ0v) is 16.1. The molecule has 1 aliphatic heterocycles. The number of hydrogen-bond donors (Lipinski definition) is 0. The molecule has 5 aliphatic rings. The van der Waals surface area contributed by atoms with Crippen molar-refractivity contribution in [3.63, 3.8) is 0 Å². The normalized spacial score (nSPS) is 32.9. The molecule has 0 N–H and O–H groups in total. The Hall–Kier alpha value is -2.49. The summed E-state index contributed by atoms with van der Waals surface area (Å²) in [4.78, 5) is 31.6. The maximum absolute atomic E-state index is 13.2. The van der Waals surface area contributed by atoms with Crippen molar-refractivity contribution in [2.24, 2.45) is 17.8 Å². The first kappa shape index (κ1) is 16.5. The fourth-order valence-electron chi connectivity index (χ4n) is 6.89. The molecule has 4 aliphatic carbocycles. The van der Waals surface area contributed by atoms with E-state index in [1.807, 2.05) is 25.1 Å². The first-order chi connectivity index (χ1) is 13.5. The van der Waals surface area contributed by atoms with Crippen LogP contribution in [0.4, 0.5) is 5.82 Å². The van der Waals surface area contributed by atoms with Gasteiger partial charge in [-0.2, -0.15) is 0 Å². The molecule has 4 bridgehead atoms. The number of benzene rings is 1. The van der Waals surface area contributed by atoms with Gasteiger partial charge in [-0.25, -0.2) is 9.88 Å². The minimum atomic E-state index is -0.254. The van der Waals surface area contributed by atoms with Gasteiger partial charge in [-0.05, 0) is 104 Å². The summed E-state index contributed by atoms with van der Waals surface area (Å²) >= 11 is 0. The Morgan fingerprint density at radius 3 is 2.18 bits per heavy atom. The standard InChI is InChI=1S/C24H24N2O2/c1-14-4-5-25-21(6-14)26-22(27)19-3-2-18(10-20(19)23(26)28)24-11-15-7-16(12-24)9-17(8-15)13-24/h2-6,10,15-17H,7-9,11-13H2,1H3. The second-order valence-corrected chi connectivity index (χ2v) is 9.60. The van der Waals surface area contributed by atoms with Gasteiger partial charge in [0.25, 0.3) is 11.8 Å². The smallest absolute Gasteiger partial charge is 0.267 e. The fourth-order valence-corrected chi connectivity index (χ4v) is 6.89. The quantitative estimate of drug-likeness (QED) is 0.721. The van der Waals surface area contributed by atoms with Crippen LogP contribution in [0.1, 0.15) is 70.4 Å². The van der Waals surface area contributed by atoms with Crippen molar-refractivity contribution in [3.8, 4) is 0 Å². The number of amides is 2. The zero-order chi connectivity index (χ0) is 19.0. The molecule has 4 fully saturated rings. The Morgan fingerprint density at radius 1 is 0.893 bits per heavy atom. The number of fused-ring (bicyclic) bond motifs is 1. The molecule has 2 aromatic rings. The van der Waals surface area contributed by atoms with E-state index in [1.165, 1.54) is 49.0 Å². The summed E-state index contributed by atoms with van der Waals surface area (Å²) in [6.07, 6.45) is 9.60. The number of anilines is 1. The largest absolute Gasteiger partial charge is 0.268 e. The molecular formula is C24H24N2O2. The molecule has 0 unspecified atom stereocenters. The summed E-state index contributed by atoms with van der Waals surface area (Å²) in [7, 11) is 0. The van der Waals surface area contributed by atoms with Gasteiger partial charge in [-0.1, -0.05) is 6.07 Å². The molecule has 4 heteroatoms. The van der Waals surface area contributed by atoms with E-state index in [2.05, 4.69) is 11.1 Å². The van der Waals surface area contributed by atoms with Crippen LogP contribution in [0.25, 0.3) is 0 Å². The van der Waals surface area contributed by atoms with E-state index in [1.54, 1.807) is 12.3 Å². The highest BCUT2D eigenvalue weighted by Crippen LogP contribution is 2.60. The third-order valence-corrected chi connectivity index (χ3v) is 7.67. The molecule has 142 valence electrons.